The van der Waals surface area contributed by atoms with Crippen LogP contribution in [0.25, 0.3) is 11.1 Å². The number of benzene rings is 2. The minimum atomic E-state index is -0.975. The molecule has 0 aliphatic rings. The molecular weight excluding hydrogens is 520 g/mol. The van der Waals surface area contributed by atoms with Crippen molar-refractivity contribution in [3.05, 3.63) is 77.2 Å². The SMILES string of the molecule is Cc1cc(C(=O)C[C@@H](CC(=O)NC(C)(C)C)C(=O)NCCCC(=O)c2cc(-c3ccccc3F)ccc2F)no1. The van der Waals surface area contributed by atoms with Crippen LogP contribution in [0.15, 0.2) is 53.1 Å². The van der Waals surface area contributed by atoms with E-state index in [1.165, 1.54) is 30.3 Å². The number of carbonyl (C=O) groups excluding carboxylic acids is 4. The van der Waals surface area contributed by atoms with Crippen LogP contribution in [-0.4, -0.2) is 40.6 Å². The lowest BCUT2D eigenvalue weighted by Gasteiger charge is -2.22. The third-order valence-electron chi connectivity index (χ3n) is 5.99. The molecule has 0 saturated carbocycles. The second kappa shape index (κ2) is 13.2. The molecule has 0 bridgehead atoms. The van der Waals surface area contributed by atoms with Gasteiger partial charge >= 0.3 is 0 Å². The predicted octanol–water partition coefficient (Wildman–Crippen LogP) is 5.20. The van der Waals surface area contributed by atoms with Crippen LogP contribution in [0.3, 0.4) is 0 Å². The Morgan fingerprint density at radius 2 is 1.68 bits per heavy atom. The number of nitrogens with zero attached hydrogens (tertiary/aromatic N) is 1. The summed E-state index contributed by atoms with van der Waals surface area (Å²) in [5.74, 6) is -3.61. The molecule has 8 nitrogen and oxygen atoms in total. The number of nitrogens with one attached hydrogen (secondary N) is 2. The molecule has 0 aliphatic carbocycles. The minimum absolute atomic E-state index is 0.0633. The van der Waals surface area contributed by atoms with Gasteiger partial charge in [0.15, 0.2) is 11.6 Å². The van der Waals surface area contributed by atoms with E-state index in [2.05, 4.69) is 15.8 Å². The van der Waals surface area contributed by atoms with E-state index >= 15 is 0 Å². The highest BCUT2D eigenvalue weighted by Gasteiger charge is 2.28. The Bertz CT molecular complexity index is 1390. The van der Waals surface area contributed by atoms with Crippen molar-refractivity contribution >= 4 is 23.4 Å². The minimum Gasteiger partial charge on any atom is -0.361 e. The second-order valence-electron chi connectivity index (χ2n) is 10.6. The highest BCUT2D eigenvalue weighted by atomic mass is 19.1. The van der Waals surface area contributed by atoms with E-state index in [0.29, 0.717) is 11.3 Å². The van der Waals surface area contributed by atoms with Crippen molar-refractivity contribution in [2.75, 3.05) is 6.54 Å². The van der Waals surface area contributed by atoms with Gasteiger partial charge in [0.25, 0.3) is 0 Å². The molecule has 2 aromatic carbocycles. The third kappa shape index (κ3) is 8.65. The van der Waals surface area contributed by atoms with Gasteiger partial charge in [-0.3, -0.25) is 19.2 Å². The average Bonchev–Trinajstić information content (AvgIpc) is 3.32. The summed E-state index contributed by atoms with van der Waals surface area (Å²) >= 11 is 0. The average molecular weight is 554 g/mol. The molecule has 0 saturated heterocycles. The van der Waals surface area contributed by atoms with Gasteiger partial charge in [0.05, 0.1) is 11.5 Å². The Hall–Kier alpha value is -4.21. The molecular formula is C30H33F2N3O5. The van der Waals surface area contributed by atoms with Crippen molar-refractivity contribution in [3.8, 4) is 11.1 Å². The van der Waals surface area contributed by atoms with Crippen LogP contribution in [-0.2, 0) is 9.59 Å². The number of aryl methyl sites for hydroxylation is 1. The topological polar surface area (TPSA) is 118 Å². The Labute approximate surface area is 231 Å². The number of hydrogen-bond donors (Lipinski definition) is 2. The van der Waals surface area contributed by atoms with E-state index in [0.717, 1.165) is 6.07 Å². The molecule has 1 heterocycles. The molecule has 212 valence electrons. The molecule has 40 heavy (non-hydrogen) atoms. The largest absolute Gasteiger partial charge is 0.361 e. The number of carbonyl (C=O) groups is 4. The molecule has 0 aliphatic heterocycles. The van der Waals surface area contributed by atoms with Gasteiger partial charge in [0.2, 0.25) is 11.8 Å². The highest BCUT2D eigenvalue weighted by Crippen LogP contribution is 2.25. The maximum atomic E-state index is 14.4. The van der Waals surface area contributed by atoms with Crippen molar-refractivity contribution < 1.29 is 32.5 Å². The van der Waals surface area contributed by atoms with Gasteiger partial charge in [-0.2, -0.15) is 0 Å². The maximum Gasteiger partial charge on any atom is 0.224 e. The van der Waals surface area contributed by atoms with Crippen molar-refractivity contribution in [3.63, 3.8) is 0 Å². The smallest absolute Gasteiger partial charge is 0.224 e. The summed E-state index contributed by atoms with van der Waals surface area (Å²) < 4.78 is 33.5. The molecule has 0 fully saturated rings. The molecule has 3 aromatic rings. The van der Waals surface area contributed by atoms with Crippen LogP contribution in [0.1, 0.15) is 73.1 Å². The Kier molecular flexibility index (Phi) is 10.0. The molecule has 1 aromatic heterocycles. The van der Waals surface area contributed by atoms with Gasteiger partial charge < -0.3 is 15.2 Å². The van der Waals surface area contributed by atoms with Gasteiger partial charge in [-0.15, -0.1) is 0 Å². The molecule has 10 heteroatoms. The normalized spacial score (nSPS) is 12.1. The number of halogens is 2. The van der Waals surface area contributed by atoms with E-state index < -0.39 is 46.5 Å². The molecule has 1 atom stereocenters. The van der Waals surface area contributed by atoms with Crippen molar-refractivity contribution in [2.24, 2.45) is 5.92 Å². The molecule has 0 unspecified atom stereocenters. The van der Waals surface area contributed by atoms with E-state index in [9.17, 15) is 28.0 Å². The van der Waals surface area contributed by atoms with Crippen LogP contribution in [0, 0.1) is 24.5 Å². The van der Waals surface area contributed by atoms with Crippen LogP contribution in [0.2, 0.25) is 0 Å². The monoisotopic (exact) mass is 553 g/mol. The van der Waals surface area contributed by atoms with Gasteiger partial charge in [-0.25, -0.2) is 8.78 Å². The molecule has 2 amide bonds. The first kappa shape index (κ1) is 30.3. The summed E-state index contributed by atoms with van der Waals surface area (Å²) in [4.78, 5) is 50.9. The molecule has 3 rings (SSSR count). The summed E-state index contributed by atoms with van der Waals surface area (Å²) in [6.07, 6.45) is -0.378. The number of hydrogen-bond acceptors (Lipinski definition) is 6. The standard InChI is InChI=1S/C30H33F2N3O5/c1-18-14-25(35-40-18)27(37)16-20(17-28(38)34-30(2,3)4)29(39)33-13-7-10-26(36)22-15-19(11-12-24(22)32)21-8-5-6-9-23(21)31/h5-6,8-9,11-12,14-15,20H,7,10,13,16-17H2,1-4H3,(H,33,39)(H,34,38)/t20-/m0/s1. The zero-order chi connectivity index (χ0) is 29.4. The zero-order valence-corrected chi connectivity index (χ0v) is 23.0. The molecule has 0 radical (unpaired) electrons. The van der Waals surface area contributed by atoms with Crippen molar-refractivity contribution in [1.82, 2.24) is 15.8 Å². The number of rotatable bonds is 12. The Morgan fingerprint density at radius 1 is 0.950 bits per heavy atom. The lowest BCUT2D eigenvalue weighted by molar-refractivity contribution is -0.130. The van der Waals surface area contributed by atoms with Crippen LogP contribution in [0.5, 0.6) is 0 Å². The lowest BCUT2D eigenvalue weighted by atomic mass is 9.95. The fourth-order valence-electron chi connectivity index (χ4n) is 4.12. The van der Waals surface area contributed by atoms with Crippen LogP contribution in [0.4, 0.5) is 8.78 Å². The Balaban J connectivity index is 1.61. The van der Waals surface area contributed by atoms with Crippen LogP contribution < -0.4 is 10.6 Å². The van der Waals surface area contributed by atoms with E-state index in [1.807, 2.05) is 0 Å². The fraction of sp³-hybridized carbons (Fsp3) is 0.367. The van der Waals surface area contributed by atoms with E-state index in [-0.39, 0.29) is 49.0 Å². The summed E-state index contributed by atoms with van der Waals surface area (Å²) in [5, 5.41) is 9.13. The number of Topliss-reactive ketones (excluding diaryl/α,β-unsaturated/α-hetero) is 2. The van der Waals surface area contributed by atoms with E-state index in [1.54, 1.807) is 39.8 Å². The first-order chi connectivity index (χ1) is 18.8. The fourth-order valence-corrected chi connectivity index (χ4v) is 4.12. The van der Waals surface area contributed by atoms with Crippen molar-refractivity contribution in [1.29, 1.82) is 0 Å². The second-order valence-corrected chi connectivity index (χ2v) is 10.6. The van der Waals surface area contributed by atoms with Gasteiger partial charge in [0, 0.05) is 43.0 Å². The summed E-state index contributed by atoms with van der Waals surface area (Å²) in [6, 6.07) is 11.3. The van der Waals surface area contributed by atoms with Gasteiger partial charge in [0.1, 0.15) is 23.1 Å². The third-order valence-corrected chi connectivity index (χ3v) is 5.99. The van der Waals surface area contributed by atoms with Gasteiger partial charge in [-0.1, -0.05) is 29.4 Å². The number of amides is 2. The van der Waals surface area contributed by atoms with E-state index in [4.69, 9.17) is 4.52 Å². The first-order valence-electron chi connectivity index (χ1n) is 13.0. The van der Waals surface area contributed by atoms with Gasteiger partial charge in [-0.05, 0) is 57.9 Å². The predicted molar refractivity (Wildman–Crippen MR) is 145 cm³/mol. The summed E-state index contributed by atoms with van der Waals surface area (Å²) in [6.45, 7) is 7.10. The van der Waals surface area contributed by atoms with Crippen molar-refractivity contribution in [2.45, 2.75) is 58.9 Å². The molecule has 0 spiro atoms. The number of aromatic nitrogens is 1. The molecule has 2 N–H and O–H groups in total. The van der Waals surface area contributed by atoms with Crippen LogP contribution >= 0.6 is 0 Å². The summed E-state index contributed by atoms with van der Waals surface area (Å²) in [5.41, 5.74) is -0.000789. The lowest BCUT2D eigenvalue weighted by Crippen LogP contribution is -2.43. The quantitative estimate of drug-likeness (QED) is 0.235. The summed E-state index contributed by atoms with van der Waals surface area (Å²) in [7, 11) is 0. The first-order valence-corrected chi connectivity index (χ1v) is 13.0. The number of ketones is 2. The maximum absolute atomic E-state index is 14.4. The Morgan fingerprint density at radius 3 is 2.33 bits per heavy atom. The zero-order valence-electron chi connectivity index (χ0n) is 23.0. The highest BCUT2D eigenvalue weighted by molar-refractivity contribution is 5.99.